The van der Waals surface area contributed by atoms with Gasteiger partial charge in [0.25, 0.3) is 0 Å². The summed E-state index contributed by atoms with van der Waals surface area (Å²) in [6, 6.07) is 11.1. The van der Waals surface area contributed by atoms with Gasteiger partial charge < -0.3 is 19.7 Å². The maximum absolute atomic E-state index is 11.3. The van der Waals surface area contributed by atoms with Crippen LogP contribution in [0.15, 0.2) is 63.6 Å². The number of benzene rings is 2. The van der Waals surface area contributed by atoms with E-state index in [1.54, 1.807) is 6.08 Å². The van der Waals surface area contributed by atoms with Crippen LogP contribution in [0.3, 0.4) is 0 Å². The number of nitrogens with two attached hydrogens (primary N) is 1. The molecule has 210 valence electrons. The van der Waals surface area contributed by atoms with Gasteiger partial charge in [-0.2, -0.15) is 0 Å². The molecule has 2 aliphatic rings. The Labute approximate surface area is 233 Å². The van der Waals surface area contributed by atoms with Gasteiger partial charge >= 0.3 is 17.9 Å². The standard InChI is InChI=1S/C11H10O2.C9H8O4.C7H6ClNO4S/c1-7-9-5-3-2-4-8(9)6-10(7)11(12)13;10-6-2-1-3-7-8(6)5(4-13-7)9(11)12;8-5-2-1-4(7(10)11)3-6(5)14(9,12)13/h2-7H,1H3,(H,12,13);4H,1-3H2,(H,11,12);1-3H,(H,10,11)(H2,9,12,13). The normalized spacial score (nSPS) is 15.3. The van der Waals surface area contributed by atoms with Crippen LogP contribution in [-0.2, 0) is 21.2 Å². The number of carbonyl (C=O) groups excluding carboxylic acids is 1. The van der Waals surface area contributed by atoms with E-state index in [0.29, 0.717) is 24.2 Å². The fourth-order valence-electron chi connectivity index (χ4n) is 4.18. The molecule has 2 aromatic carbocycles. The van der Waals surface area contributed by atoms with E-state index in [9.17, 15) is 27.6 Å². The van der Waals surface area contributed by atoms with Gasteiger partial charge in [0, 0.05) is 24.3 Å². The molecule has 0 radical (unpaired) electrons. The molecule has 13 heteroatoms. The molecule has 40 heavy (non-hydrogen) atoms. The molecule has 5 N–H and O–H groups in total. The number of rotatable bonds is 4. The van der Waals surface area contributed by atoms with Crippen LogP contribution in [0.2, 0.25) is 5.02 Å². The Bertz CT molecular complexity index is 1640. The predicted molar refractivity (Wildman–Crippen MR) is 143 cm³/mol. The molecule has 5 rings (SSSR count). The quantitative estimate of drug-likeness (QED) is 0.336. The van der Waals surface area contributed by atoms with Crippen molar-refractivity contribution in [2.75, 3.05) is 0 Å². The minimum atomic E-state index is -3.98. The van der Waals surface area contributed by atoms with Crippen molar-refractivity contribution in [3.63, 3.8) is 0 Å². The van der Waals surface area contributed by atoms with Crippen LogP contribution in [0, 0.1) is 0 Å². The molecule has 0 amide bonds. The molecule has 1 aromatic heterocycles. The number of ketones is 1. The minimum absolute atomic E-state index is 0.000278. The molecule has 11 nitrogen and oxygen atoms in total. The first kappa shape index (κ1) is 30.3. The van der Waals surface area contributed by atoms with Crippen molar-refractivity contribution in [2.45, 2.75) is 37.0 Å². The van der Waals surface area contributed by atoms with Gasteiger partial charge in [0.2, 0.25) is 10.0 Å². The highest BCUT2D eigenvalue weighted by atomic mass is 35.5. The summed E-state index contributed by atoms with van der Waals surface area (Å²) in [5, 5.41) is 30.9. The van der Waals surface area contributed by atoms with E-state index < -0.39 is 27.9 Å². The van der Waals surface area contributed by atoms with Gasteiger partial charge in [-0.05, 0) is 41.8 Å². The number of halogens is 1. The number of furan rings is 1. The van der Waals surface area contributed by atoms with E-state index in [1.165, 1.54) is 12.1 Å². The number of primary sulfonamides is 1. The fraction of sp³-hybridized carbons (Fsp3) is 0.185. The Morgan fingerprint density at radius 3 is 2.25 bits per heavy atom. The monoisotopic (exact) mass is 589 g/mol. The zero-order valence-corrected chi connectivity index (χ0v) is 22.5. The molecule has 2 aliphatic carbocycles. The Morgan fingerprint density at radius 1 is 1.00 bits per heavy atom. The van der Waals surface area contributed by atoms with Crippen LogP contribution in [0.1, 0.15) is 73.6 Å². The zero-order chi connectivity index (χ0) is 29.8. The van der Waals surface area contributed by atoms with E-state index >= 15 is 0 Å². The van der Waals surface area contributed by atoms with Crippen LogP contribution in [0.5, 0.6) is 0 Å². The zero-order valence-electron chi connectivity index (χ0n) is 21.0. The number of fused-ring (bicyclic) bond motifs is 2. The molecule has 0 saturated heterocycles. The lowest BCUT2D eigenvalue weighted by atomic mass is 9.94. The molecule has 0 saturated carbocycles. The summed E-state index contributed by atoms with van der Waals surface area (Å²) in [6.45, 7) is 1.92. The first-order valence-electron chi connectivity index (χ1n) is 11.7. The highest BCUT2D eigenvalue weighted by molar-refractivity contribution is 7.89. The average molecular weight is 590 g/mol. The molecular formula is C27H24ClNO10S. The van der Waals surface area contributed by atoms with Crippen LogP contribution in [0.4, 0.5) is 0 Å². The minimum Gasteiger partial charge on any atom is -0.478 e. The van der Waals surface area contributed by atoms with Crippen LogP contribution in [0.25, 0.3) is 6.08 Å². The smallest absolute Gasteiger partial charge is 0.339 e. The van der Waals surface area contributed by atoms with Gasteiger partial charge in [0.15, 0.2) is 5.78 Å². The number of aryl methyl sites for hydroxylation is 1. The van der Waals surface area contributed by atoms with Crippen LogP contribution >= 0.6 is 11.6 Å². The molecule has 1 unspecified atom stereocenters. The summed E-state index contributed by atoms with van der Waals surface area (Å²) in [4.78, 5) is 43.0. The molecule has 3 aromatic rings. The third kappa shape index (κ3) is 6.84. The van der Waals surface area contributed by atoms with E-state index in [4.69, 9.17) is 36.5 Å². The number of sulfonamides is 1. The molecule has 0 bridgehead atoms. The number of carboxylic acids is 3. The van der Waals surface area contributed by atoms with Gasteiger partial charge in [-0.1, -0.05) is 42.8 Å². The summed E-state index contributed by atoms with van der Waals surface area (Å²) < 4.78 is 26.9. The number of carboxylic acid groups (broad SMARTS) is 3. The summed E-state index contributed by atoms with van der Waals surface area (Å²) in [5.41, 5.74) is 2.73. The maximum atomic E-state index is 11.3. The number of hydrogen-bond acceptors (Lipinski definition) is 7. The number of hydrogen-bond donors (Lipinski definition) is 4. The largest absolute Gasteiger partial charge is 0.478 e. The third-order valence-corrected chi connectivity index (χ3v) is 7.55. The number of aromatic carboxylic acids is 2. The summed E-state index contributed by atoms with van der Waals surface area (Å²) in [6.07, 6.45) is 4.73. The van der Waals surface area contributed by atoms with E-state index in [0.717, 1.165) is 29.9 Å². The predicted octanol–water partition coefficient (Wildman–Crippen LogP) is 4.45. The number of aliphatic carboxylic acids is 1. The number of Topliss-reactive ketones (excluding diaryl/α,β-unsaturated/α-hetero) is 1. The van der Waals surface area contributed by atoms with Crippen LogP contribution < -0.4 is 5.14 Å². The Balaban J connectivity index is 0.000000165. The first-order chi connectivity index (χ1) is 18.7. The highest BCUT2D eigenvalue weighted by Crippen LogP contribution is 2.35. The van der Waals surface area contributed by atoms with E-state index in [2.05, 4.69) is 0 Å². The SMILES string of the molecule is CC1C(C(=O)O)=Cc2ccccc21.NS(=O)(=O)c1cc(C(=O)O)ccc1Cl.O=C(O)c1coc2c1C(=O)CCC2. The molecule has 0 fully saturated rings. The topological polar surface area (TPSA) is 202 Å². The third-order valence-electron chi connectivity index (χ3n) is 6.16. The molecule has 0 spiro atoms. The molecule has 0 aliphatic heterocycles. The van der Waals surface area contributed by atoms with Crippen molar-refractivity contribution in [1.29, 1.82) is 0 Å². The highest BCUT2D eigenvalue weighted by Gasteiger charge is 2.27. The van der Waals surface area contributed by atoms with Gasteiger partial charge in [-0.15, -0.1) is 0 Å². The Kier molecular flexibility index (Phi) is 9.30. The second-order valence-electron chi connectivity index (χ2n) is 8.78. The van der Waals surface area contributed by atoms with Gasteiger partial charge in [-0.25, -0.2) is 27.9 Å². The van der Waals surface area contributed by atoms with Gasteiger partial charge in [-0.3, -0.25) is 4.79 Å². The lowest BCUT2D eigenvalue weighted by Gasteiger charge is -2.08. The van der Waals surface area contributed by atoms with Gasteiger partial charge in [0.05, 0.1) is 16.1 Å². The summed E-state index contributed by atoms with van der Waals surface area (Å²) >= 11 is 5.53. The van der Waals surface area contributed by atoms with E-state index in [-0.39, 0.29) is 38.3 Å². The maximum Gasteiger partial charge on any atom is 0.339 e. The van der Waals surface area contributed by atoms with Crippen molar-refractivity contribution in [3.8, 4) is 0 Å². The molecule has 1 heterocycles. The summed E-state index contributed by atoms with van der Waals surface area (Å²) in [5.74, 6) is -2.73. The second-order valence-corrected chi connectivity index (χ2v) is 10.7. The number of carbonyl (C=O) groups is 4. The lowest BCUT2D eigenvalue weighted by molar-refractivity contribution is -0.132. The van der Waals surface area contributed by atoms with Crippen LogP contribution in [-0.4, -0.2) is 47.4 Å². The van der Waals surface area contributed by atoms with Gasteiger partial charge in [0.1, 0.15) is 22.5 Å². The van der Waals surface area contributed by atoms with Crippen molar-refractivity contribution in [3.05, 3.63) is 92.9 Å². The van der Waals surface area contributed by atoms with Crippen molar-refractivity contribution in [2.24, 2.45) is 5.14 Å². The molecular weight excluding hydrogens is 566 g/mol. The van der Waals surface area contributed by atoms with Crippen molar-refractivity contribution >= 4 is 51.4 Å². The Hall–Kier alpha value is -4.26. The van der Waals surface area contributed by atoms with E-state index in [1.807, 2.05) is 31.2 Å². The lowest BCUT2D eigenvalue weighted by Crippen LogP contribution is -2.13. The Morgan fingerprint density at radius 2 is 1.68 bits per heavy atom. The molecule has 1 atom stereocenters. The van der Waals surface area contributed by atoms with Crippen molar-refractivity contribution in [1.82, 2.24) is 0 Å². The average Bonchev–Trinajstić information content (AvgIpc) is 3.47. The first-order valence-corrected chi connectivity index (χ1v) is 13.6. The summed E-state index contributed by atoms with van der Waals surface area (Å²) in [7, 11) is -3.98. The second kappa shape index (κ2) is 12.3. The van der Waals surface area contributed by atoms with Crippen molar-refractivity contribution < 1.29 is 47.3 Å². The fourth-order valence-corrected chi connectivity index (χ4v) is 5.25.